The third-order valence-electron chi connectivity index (χ3n) is 5.39. The van der Waals surface area contributed by atoms with E-state index in [0.29, 0.717) is 11.3 Å². The fourth-order valence-electron chi connectivity index (χ4n) is 3.86. The molecule has 3 aromatic rings. The summed E-state index contributed by atoms with van der Waals surface area (Å²) in [5.74, 6) is 0.784. The Morgan fingerprint density at radius 2 is 1.97 bits per heavy atom. The topological polar surface area (TPSA) is 75.7 Å². The number of methoxy groups -OCH3 is 1. The van der Waals surface area contributed by atoms with E-state index in [1.54, 1.807) is 48.9 Å². The Morgan fingerprint density at radius 1 is 1.16 bits per heavy atom. The second-order valence-corrected chi connectivity index (χ2v) is 10.3. The molecule has 0 aliphatic carbocycles. The minimum absolute atomic E-state index is 0.0296. The lowest BCUT2D eigenvalue weighted by atomic mass is 10.0. The Labute approximate surface area is 186 Å². The van der Waals surface area contributed by atoms with Crippen LogP contribution in [0.1, 0.15) is 28.8 Å². The molecule has 2 aromatic carbocycles. The number of ether oxygens (including phenoxy) is 1. The van der Waals surface area contributed by atoms with Gasteiger partial charge in [0.1, 0.15) is 9.96 Å². The number of nitrogens with zero attached hydrogens (tertiary/aromatic N) is 1. The molecule has 1 aliphatic heterocycles. The van der Waals surface area contributed by atoms with E-state index in [0.717, 1.165) is 48.5 Å². The zero-order chi connectivity index (χ0) is 21.8. The molecule has 0 bridgehead atoms. The molecule has 0 saturated carbocycles. The number of sulfonamides is 1. The van der Waals surface area contributed by atoms with Crippen LogP contribution in [0, 0.1) is 0 Å². The van der Waals surface area contributed by atoms with Crippen LogP contribution >= 0.6 is 11.3 Å². The molecule has 2 heterocycles. The summed E-state index contributed by atoms with van der Waals surface area (Å²) in [6.07, 6.45) is 2.71. The van der Waals surface area contributed by atoms with Crippen LogP contribution in [-0.4, -0.2) is 38.9 Å². The van der Waals surface area contributed by atoms with Gasteiger partial charge in [0, 0.05) is 23.8 Å². The maximum absolute atomic E-state index is 13.1. The highest BCUT2D eigenvalue weighted by Crippen LogP contribution is 2.26. The minimum Gasteiger partial charge on any atom is -0.497 e. The summed E-state index contributed by atoms with van der Waals surface area (Å²) in [5, 5.41) is 1.72. The fourth-order valence-corrected chi connectivity index (χ4v) is 5.91. The van der Waals surface area contributed by atoms with Crippen LogP contribution in [0.4, 0.5) is 5.69 Å². The summed E-state index contributed by atoms with van der Waals surface area (Å²) in [6, 6.07) is 17.9. The molecule has 1 aromatic heterocycles. The number of benzene rings is 2. The van der Waals surface area contributed by atoms with Crippen molar-refractivity contribution in [3.8, 4) is 5.75 Å². The van der Waals surface area contributed by atoms with Crippen molar-refractivity contribution >= 4 is 33.0 Å². The monoisotopic (exact) mass is 456 g/mol. The lowest BCUT2D eigenvalue weighted by Crippen LogP contribution is -2.36. The molecule has 1 atom stereocenters. The van der Waals surface area contributed by atoms with Crippen LogP contribution in [0.3, 0.4) is 0 Å². The Kier molecular flexibility index (Phi) is 6.29. The number of nitrogens with one attached hydrogen (secondary N) is 1. The number of rotatable bonds is 7. The molecule has 31 heavy (non-hydrogen) atoms. The Hall–Kier alpha value is -2.84. The molecule has 0 spiro atoms. The zero-order valence-corrected chi connectivity index (χ0v) is 18.8. The largest absolute Gasteiger partial charge is 0.497 e. The molecule has 8 heteroatoms. The predicted molar refractivity (Wildman–Crippen MR) is 122 cm³/mol. The number of anilines is 1. The van der Waals surface area contributed by atoms with Gasteiger partial charge in [-0.05, 0) is 72.7 Å². The van der Waals surface area contributed by atoms with Gasteiger partial charge in [-0.25, -0.2) is 8.42 Å². The first kappa shape index (κ1) is 21.4. The van der Waals surface area contributed by atoms with Gasteiger partial charge in [-0.1, -0.05) is 18.2 Å². The molecule has 1 aliphatic rings. The molecule has 1 saturated heterocycles. The van der Waals surface area contributed by atoms with Crippen LogP contribution in [0.5, 0.6) is 5.75 Å². The normalized spacial score (nSPS) is 16.3. The van der Waals surface area contributed by atoms with Gasteiger partial charge in [0.2, 0.25) is 0 Å². The van der Waals surface area contributed by atoms with Crippen molar-refractivity contribution < 1.29 is 17.9 Å². The highest BCUT2D eigenvalue weighted by molar-refractivity contribution is 7.94. The van der Waals surface area contributed by atoms with Gasteiger partial charge in [-0.2, -0.15) is 0 Å². The summed E-state index contributed by atoms with van der Waals surface area (Å²) in [5.41, 5.74) is 2.12. The summed E-state index contributed by atoms with van der Waals surface area (Å²) >= 11 is 1.16. The SMILES string of the molecule is COc1cccc(CC2CCCN2C(=O)c2ccc(NS(=O)(=O)c3cccs3)cc2)c1. The molecule has 1 fully saturated rings. The number of carbonyl (C=O) groups excluding carboxylic acids is 1. The maximum Gasteiger partial charge on any atom is 0.271 e. The van der Waals surface area contributed by atoms with Gasteiger partial charge < -0.3 is 9.64 Å². The predicted octanol–water partition coefficient (Wildman–Crippen LogP) is 4.40. The minimum atomic E-state index is -3.60. The molecule has 162 valence electrons. The lowest BCUT2D eigenvalue weighted by Gasteiger charge is -2.25. The maximum atomic E-state index is 13.1. The first-order valence-corrected chi connectivity index (χ1v) is 12.4. The van der Waals surface area contributed by atoms with Gasteiger partial charge in [0.25, 0.3) is 15.9 Å². The molecule has 1 N–H and O–H groups in total. The highest BCUT2D eigenvalue weighted by Gasteiger charge is 2.29. The lowest BCUT2D eigenvalue weighted by molar-refractivity contribution is 0.0736. The van der Waals surface area contributed by atoms with Crippen molar-refractivity contribution in [2.45, 2.75) is 29.5 Å². The first-order valence-electron chi connectivity index (χ1n) is 10.1. The van der Waals surface area contributed by atoms with Crippen LogP contribution in [-0.2, 0) is 16.4 Å². The number of hydrogen-bond acceptors (Lipinski definition) is 5. The Bertz CT molecular complexity index is 1140. The molecule has 4 rings (SSSR count). The summed E-state index contributed by atoms with van der Waals surface area (Å²) in [6.45, 7) is 0.722. The first-order chi connectivity index (χ1) is 15.0. The summed E-state index contributed by atoms with van der Waals surface area (Å²) in [7, 11) is -1.96. The van der Waals surface area contributed by atoms with E-state index in [9.17, 15) is 13.2 Å². The number of likely N-dealkylation sites (tertiary alicyclic amines) is 1. The number of amides is 1. The van der Waals surface area contributed by atoms with Crippen molar-refractivity contribution in [1.82, 2.24) is 4.90 Å². The van der Waals surface area contributed by atoms with Crippen molar-refractivity contribution in [3.63, 3.8) is 0 Å². The number of carbonyl (C=O) groups is 1. The van der Waals surface area contributed by atoms with E-state index in [2.05, 4.69) is 10.8 Å². The van der Waals surface area contributed by atoms with Crippen molar-refractivity contribution in [2.24, 2.45) is 0 Å². The van der Waals surface area contributed by atoms with E-state index in [1.807, 2.05) is 23.1 Å². The van der Waals surface area contributed by atoms with Crippen molar-refractivity contribution in [2.75, 3.05) is 18.4 Å². The number of hydrogen-bond donors (Lipinski definition) is 1. The van der Waals surface area contributed by atoms with E-state index >= 15 is 0 Å². The van der Waals surface area contributed by atoms with E-state index in [4.69, 9.17) is 4.74 Å². The van der Waals surface area contributed by atoms with Gasteiger partial charge in [0.15, 0.2) is 0 Å². The molecule has 1 unspecified atom stereocenters. The average molecular weight is 457 g/mol. The van der Waals surface area contributed by atoms with Crippen LogP contribution in [0.25, 0.3) is 0 Å². The molecule has 0 radical (unpaired) electrons. The Balaban J connectivity index is 1.44. The second kappa shape index (κ2) is 9.11. The van der Waals surface area contributed by atoms with E-state index in [-0.39, 0.29) is 16.2 Å². The van der Waals surface area contributed by atoms with Crippen LogP contribution in [0.15, 0.2) is 70.3 Å². The molecular weight excluding hydrogens is 432 g/mol. The number of thiophene rings is 1. The summed E-state index contributed by atoms with van der Waals surface area (Å²) in [4.78, 5) is 15.0. The highest BCUT2D eigenvalue weighted by atomic mass is 32.2. The van der Waals surface area contributed by atoms with Gasteiger partial charge in [0.05, 0.1) is 7.11 Å². The summed E-state index contributed by atoms with van der Waals surface area (Å²) < 4.78 is 32.8. The van der Waals surface area contributed by atoms with E-state index in [1.165, 1.54) is 0 Å². The third-order valence-corrected chi connectivity index (χ3v) is 8.17. The third kappa shape index (κ3) is 4.91. The van der Waals surface area contributed by atoms with Gasteiger partial charge in [-0.3, -0.25) is 9.52 Å². The second-order valence-electron chi connectivity index (χ2n) is 7.47. The van der Waals surface area contributed by atoms with Crippen LogP contribution in [0.2, 0.25) is 0 Å². The average Bonchev–Trinajstić information content (AvgIpc) is 3.46. The quantitative estimate of drug-likeness (QED) is 0.572. The molecule has 1 amide bonds. The fraction of sp³-hybridized carbons (Fsp3) is 0.261. The van der Waals surface area contributed by atoms with Crippen molar-refractivity contribution in [3.05, 3.63) is 77.2 Å². The van der Waals surface area contributed by atoms with E-state index < -0.39 is 10.0 Å². The standard InChI is InChI=1S/C23H24N2O4S2/c1-29-21-7-2-5-17(16-21)15-20-6-3-13-25(20)23(26)18-9-11-19(12-10-18)24-31(27,28)22-8-4-14-30-22/h2,4-5,7-12,14,16,20,24H,3,6,13,15H2,1H3. The Morgan fingerprint density at radius 3 is 2.68 bits per heavy atom. The molecular formula is C23H24N2O4S2. The molecule has 6 nitrogen and oxygen atoms in total. The van der Waals surface area contributed by atoms with Crippen molar-refractivity contribution in [1.29, 1.82) is 0 Å². The smallest absolute Gasteiger partial charge is 0.271 e. The van der Waals surface area contributed by atoms with Crippen LogP contribution < -0.4 is 9.46 Å². The van der Waals surface area contributed by atoms with Gasteiger partial charge >= 0.3 is 0 Å². The van der Waals surface area contributed by atoms with Gasteiger partial charge in [-0.15, -0.1) is 11.3 Å². The zero-order valence-electron chi connectivity index (χ0n) is 17.2.